The summed E-state index contributed by atoms with van der Waals surface area (Å²) in [5, 5.41) is 3.88. The number of nitrogens with one attached hydrogen (secondary N) is 1. The van der Waals surface area contributed by atoms with Crippen LogP contribution >= 0.6 is 11.6 Å². The molecule has 0 radical (unpaired) electrons. The Balaban J connectivity index is 1.53. The molecule has 2 aliphatic rings. The Hall–Kier alpha value is -1.18. The Morgan fingerprint density at radius 1 is 1.19 bits per heavy atom. The molecule has 0 spiro atoms. The normalized spacial score (nSPS) is 23.2. The zero-order valence-electron chi connectivity index (χ0n) is 19.2. The summed E-state index contributed by atoms with van der Waals surface area (Å²) < 4.78 is 5.57. The summed E-state index contributed by atoms with van der Waals surface area (Å²) in [4.78, 5) is 19.7. The van der Waals surface area contributed by atoms with Crippen molar-refractivity contribution in [2.45, 2.75) is 38.3 Å². The van der Waals surface area contributed by atoms with Gasteiger partial charge in [-0.2, -0.15) is 0 Å². The maximum Gasteiger partial charge on any atom is 0.220 e. The molecule has 1 aromatic carbocycles. The first-order chi connectivity index (χ1) is 15.0. The molecule has 0 saturated carbocycles. The van der Waals surface area contributed by atoms with Crippen LogP contribution in [0.5, 0.6) is 0 Å². The number of carbonyl (C=O) groups excluding carboxylic acids is 1. The summed E-state index contributed by atoms with van der Waals surface area (Å²) in [6.07, 6.45) is 3.71. The molecule has 0 aliphatic carbocycles. The van der Waals surface area contributed by atoms with Gasteiger partial charge in [-0.3, -0.25) is 14.6 Å². The molecule has 7 heteroatoms. The van der Waals surface area contributed by atoms with E-state index in [0.29, 0.717) is 18.4 Å². The van der Waals surface area contributed by atoms with Gasteiger partial charge >= 0.3 is 0 Å². The van der Waals surface area contributed by atoms with E-state index in [9.17, 15) is 4.79 Å². The van der Waals surface area contributed by atoms with E-state index in [0.717, 1.165) is 83.3 Å². The number of carbonyl (C=O) groups is 1. The lowest BCUT2D eigenvalue weighted by atomic mass is 9.86. The maximum atomic E-state index is 12.4. The second-order valence-electron chi connectivity index (χ2n) is 9.17. The minimum atomic E-state index is 0.189. The zero-order valence-corrected chi connectivity index (χ0v) is 19.9. The number of morpholine rings is 1. The van der Waals surface area contributed by atoms with Gasteiger partial charge in [-0.15, -0.1) is 0 Å². The molecule has 2 heterocycles. The minimum Gasteiger partial charge on any atom is -0.379 e. The van der Waals surface area contributed by atoms with Gasteiger partial charge in [-0.1, -0.05) is 23.7 Å². The largest absolute Gasteiger partial charge is 0.379 e. The Kier molecular flexibility index (Phi) is 10.1. The van der Waals surface area contributed by atoms with E-state index in [-0.39, 0.29) is 5.91 Å². The monoisotopic (exact) mass is 450 g/mol. The number of hydrogen-bond donors (Lipinski definition) is 1. The summed E-state index contributed by atoms with van der Waals surface area (Å²) in [5.41, 5.74) is 1.30. The SMILES string of the molecule is CN(C)CCCNC(=O)CC[C@H]1CN(Cc2ccc(Cl)cc2)CC[C@H]1N1CCOCC1. The average Bonchev–Trinajstić information content (AvgIpc) is 2.77. The molecule has 31 heavy (non-hydrogen) atoms. The average molecular weight is 451 g/mol. The maximum absolute atomic E-state index is 12.4. The quantitative estimate of drug-likeness (QED) is 0.555. The predicted octanol–water partition coefficient (Wildman–Crippen LogP) is 2.71. The topological polar surface area (TPSA) is 48.1 Å². The van der Waals surface area contributed by atoms with Crippen LogP contribution in [0.15, 0.2) is 24.3 Å². The first kappa shape index (κ1) is 24.5. The number of ether oxygens (including phenoxy) is 1. The lowest BCUT2D eigenvalue weighted by molar-refractivity contribution is -0.121. The van der Waals surface area contributed by atoms with Crippen LogP contribution in [0.1, 0.15) is 31.2 Å². The number of amides is 1. The summed E-state index contributed by atoms with van der Waals surface area (Å²) in [6, 6.07) is 8.72. The Morgan fingerprint density at radius 2 is 1.94 bits per heavy atom. The van der Waals surface area contributed by atoms with Crippen LogP contribution in [0.2, 0.25) is 5.02 Å². The molecule has 2 aliphatic heterocycles. The van der Waals surface area contributed by atoms with Crippen LogP contribution in [-0.4, -0.2) is 93.2 Å². The van der Waals surface area contributed by atoms with Gasteiger partial charge in [0.15, 0.2) is 0 Å². The smallest absolute Gasteiger partial charge is 0.220 e. The van der Waals surface area contributed by atoms with Gasteiger partial charge in [0.25, 0.3) is 0 Å². The second-order valence-corrected chi connectivity index (χ2v) is 9.61. The molecule has 1 N–H and O–H groups in total. The molecule has 2 fully saturated rings. The number of likely N-dealkylation sites (tertiary alicyclic amines) is 1. The third-order valence-corrected chi connectivity index (χ3v) is 6.71. The van der Waals surface area contributed by atoms with Gasteiger partial charge in [0.1, 0.15) is 0 Å². The number of benzene rings is 1. The van der Waals surface area contributed by atoms with Crippen LogP contribution in [0, 0.1) is 5.92 Å². The Labute approximate surface area is 192 Å². The second kappa shape index (κ2) is 12.8. The van der Waals surface area contributed by atoms with E-state index < -0.39 is 0 Å². The van der Waals surface area contributed by atoms with Crippen molar-refractivity contribution in [2.75, 3.05) is 66.6 Å². The van der Waals surface area contributed by atoms with Crippen molar-refractivity contribution >= 4 is 17.5 Å². The van der Waals surface area contributed by atoms with Crippen molar-refractivity contribution in [3.05, 3.63) is 34.9 Å². The van der Waals surface area contributed by atoms with Gasteiger partial charge in [-0.25, -0.2) is 0 Å². The lowest BCUT2D eigenvalue weighted by Crippen LogP contribution is -2.54. The summed E-state index contributed by atoms with van der Waals surface area (Å²) in [5.74, 6) is 0.695. The Bertz CT molecular complexity index is 664. The molecule has 1 aromatic rings. The number of piperidine rings is 1. The van der Waals surface area contributed by atoms with E-state index in [1.54, 1.807) is 0 Å². The lowest BCUT2D eigenvalue weighted by Gasteiger charge is -2.45. The van der Waals surface area contributed by atoms with E-state index in [2.05, 4.69) is 46.2 Å². The van der Waals surface area contributed by atoms with Crippen molar-refractivity contribution in [1.82, 2.24) is 20.0 Å². The van der Waals surface area contributed by atoms with Crippen molar-refractivity contribution in [2.24, 2.45) is 5.92 Å². The van der Waals surface area contributed by atoms with E-state index >= 15 is 0 Å². The molecule has 1 amide bonds. The van der Waals surface area contributed by atoms with E-state index in [1.807, 2.05) is 12.1 Å². The van der Waals surface area contributed by atoms with E-state index in [1.165, 1.54) is 5.56 Å². The van der Waals surface area contributed by atoms with Gasteiger partial charge < -0.3 is 15.0 Å². The summed E-state index contributed by atoms with van der Waals surface area (Å²) in [7, 11) is 4.12. The number of nitrogens with zero attached hydrogens (tertiary/aromatic N) is 3. The third kappa shape index (κ3) is 8.35. The van der Waals surface area contributed by atoms with Crippen LogP contribution in [0.4, 0.5) is 0 Å². The number of halogens is 1. The zero-order chi connectivity index (χ0) is 22.1. The predicted molar refractivity (Wildman–Crippen MR) is 126 cm³/mol. The molecule has 0 unspecified atom stereocenters. The molecule has 2 saturated heterocycles. The molecular weight excluding hydrogens is 412 g/mol. The molecular formula is C24H39ClN4O2. The molecule has 0 bridgehead atoms. The van der Waals surface area contributed by atoms with Crippen LogP contribution in [-0.2, 0) is 16.1 Å². The van der Waals surface area contributed by atoms with Crippen LogP contribution < -0.4 is 5.32 Å². The molecule has 3 rings (SSSR count). The number of rotatable bonds is 10. The fraction of sp³-hybridized carbons (Fsp3) is 0.708. The number of hydrogen-bond acceptors (Lipinski definition) is 5. The summed E-state index contributed by atoms with van der Waals surface area (Å²) in [6.45, 7) is 8.51. The fourth-order valence-electron chi connectivity index (χ4n) is 4.79. The van der Waals surface area contributed by atoms with Gasteiger partial charge in [0.05, 0.1) is 13.2 Å². The highest BCUT2D eigenvalue weighted by molar-refractivity contribution is 6.30. The van der Waals surface area contributed by atoms with Gasteiger partial charge in [-0.05, 0) is 70.1 Å². The van der Waals surface area contributed by atoms with Gasteiger partial charge in [0, 0.05) is 50.2 Å². The van der Waals surface area contributed by atoms with E-state index in [4.69, 9.17) is 16.3 Å². The first-order valence-corrected chi connectivity index (χ1v) is 12.1. The third-order valence-electron chi connectivity index (χ3n) is 6.46. The highest BCUT2D eigenvalue weighted by atomic mass is 35.5. The van der Waals surface area contributed by atoms with Crippen molar-refractivity contribution in [3.8, 4) is 0 Å². The fourth-order valence-corrected chi connectivity index (χ4v) is 4.91. The molecule has 0 aromatic heterocycles. The van der Waals surface area contributed by atoms with Gasteiger partial charge in [0.2, 0.25) is 5.91 Å². The van der Waals surface area contributed by atoms with Crippen LogP contribution in [0.3, 0.4) is 0 Å². The highest BCUT2D eigenvalue weighted by Crippen LogP contribution is 2.28. The van der Waals surface area contributed by atoms with Crippen molar-refractivity contribution in [1.29, 1.82) is 0 Å². The summed E-state index contributed by atoms with van der Waals surface area (Å²) >= 11 is 6.04. The molecule has 6 nitrogen and oxygen atoms in total. The van der Waals surface area contributed by atoms with Crippen molar-refractivity contribution in [3.63, 3.8) is 0 Å². The molecule has 174 valence electrons. The highest BCUT2D eigenvalue weighted by Gasteiger charge is 2.34. The molecule has 2 atom stereocenters. The van der Waals surface area contributed by atoms with Crippen molar-refractivity contribution < 1.29 is 9.53 Å². The Morgan fingerprint density at radius 3 is 2.65 bits per heavy atom. The minimum absolute atomic E-state index is 0.189. The first-order valence-electron chi connectivity index (χ1n) is 11.7. The standard InChI is InChI=1S/C24H39ClN4O2/c1-27(2)12-3-11-26-24(30)9-6-21-19-28(18-20-4-7-22(25)8-5-20)13-10-23(21)29-14-16-31-17-15-29/h4-5,7-8,21,23H,3,6,9-19H2,1-2H3,(H,26,30)/t21-,23+/m0/s1. The van der Waals surface area contributed by atoms with Crippen LogP contribution in [0.25, 0.3) is 0 Å².